The fourth-order valence-electron chi connectivity index (χ4n) is 2.07. The van der Waals surface area contributed by atoms with Gasteiger partial charge in [0, 0.05) is 5.02 Å². The molecule has 1 amide bonds. The molecule has 132 valence electrons. The predicted molar refractivity (Wildman–Crippen MR) is 99.2 cm³/mol. The van der Waals surface area contributed by atoms with Gasteiger partial charge in [-0.25, -0.2) is 4.99 Å². The van der Waals surface area contributed by atoms with Gasteiger partial charge in [-0.3, -0.25) is 4.79 Å². The molecule has 0 atom stereocenters. The number of nitrogens with zero attached hydrogens (tertiary/aromatic N) is 1. The van der Waals surface area contributed by atoms with Gasteiger partial charge in [0.15, 0.2) is 5.17 Å². The monoisotopic (exact) mass is 387 g/mol. The van der Waals surface area contributed by atoms with Crippen molar-refractivity contribution in [3.05, 3.63) is 64.0 Å². The number of carbonyl (C=O) groups is 2. The summed E-state index contributed by atoms with van der Waals surface area (Å²) in [5, 5.41) is 14.2. The molecule has 0 aromatic heterocycles. The lowest BCUT2D eigenvalue weighted by Crippen LogP contribution is -2.28. The minimum absolute atomic E-state index is 0.236. The van der Waals surface area contributed by atoms with E-state index in [0.717, 1.165) is 5.56 Å². The maximum atomic E-state index is 12.1. The highest BCUT2D eigenvalue weighted by molar-refractivity contribution is 8.18. The first-order valence-corrected chi connectivity index (χ1v) is 8.67. The molecule has 1 saturated heterocycles. The van der Waals surface area contributed by atoms with Gasteiger partial charge in [-0.2, -0.15) is 0 Å². The van der Waals surface area contributed by atoms with Crippen LogP contribution in [0.1, 0.15) is 5.56 Å². The molecule has 2 aromatic carbocycles. The summed E-state index contributed by atoms with van der Waals surface area (Å²) in [5.74, 6) is -1.12. The van der Waals surface area contributed by atoms with Crippen LogP contribution in [0.3, 0.4) is 0 Å². The normalized spacial score (nSPS) is 16.7. The highest BCUT2D eigenvalue weighted by Crippen LogP contribution is 2.28. The first-order valence-electron chi connectivity index (χ1n) is 7.47. The smallest absolute Gasteiger partial charge is 0.264 e. The third-order valence-corrected chi connectivity index (χ3v) is 4.40. The molecule has 1 N–H and O–H groups in total. The second-order valence-corrected chi connectivity index (χ2v) is 6.65. The number of hydrogen-bond acceptors (Lipinski definition) is 6. The van der Waals surface area contributed by atoms with Crippen LogP contribution in [-0.2, 0) is 9.59 Å². The number of hydrogen-bond donors (Lipinski definition) is 1. The fourth-order valence-corrected chi connectivity index (χ4v) is 3.04. The summed E-state index contributed by atoms with van der Waals surface area (Å²) < 4.78 is 5.01. The van der Waals surface area contributed by atoms with Crippen LogP contribution in [0.25, 0.3) is 6.08 Å². The van der Waals surface area contributed by atoms with Crippen molar-refractivity contribution < 1.29 is 19.4 Å². The Hall–Kier alpha value is -2.77. The van der Waals surface area contributed by atoms with E-state index in [2.05, 4.69) is 10.3 Å². The van der Waals surface area contributed by atoms with Gasteiger partial charge >= 0.3 is 0 Å². The minimum atomic E-state index is -1.29. The number of halogens is 1. The van der Waals surface area contributed by atoms with Gasteiger partial charge in [0.1, 0.15) is 12.4 Å². The van der Waals surface area contributed by atoms with E-state index >= 15 is 0 Å². The molecule has 3 rings (SSSR count). The van der Waals surface area contributed by atoms with E-state index < -0.39 is 12.6 Å². The molecule has 2 aromatic rings. The molecule has 0 saturated carbocycles. The summed E-state index contributed by atoms with van der Waals surface area (Å²) in [6, 6.07) is 13.7. The maximum Gasteiger partial charge on any atom is 0.264 e. The summed E-state index contributed by atoms with van der Waals surface area (Å²) in [7, 11) is 0. The molecule has 0 bridgehead atoms. The van der Waals surface area contributed by atoms with E-state index in [1.807, 2.05) is 0 Å². The zero-order chi connectivity index (χ0) is 18.5. The van der Waals surface area contributed by atoms with Crippen LogP contribution in [-0.4, -0.2) is 23.7 Å². The number of aliphatic carboxylic acids is 1. The topological polar surface area (TPSA) is 90.8 Å². The Kier molecular flexibility index (Phi) is 5.60. The van der Waals surface area contributed by atoms with Gasteiger partial charge in [-0.05, 0) is 59.8 Å². The van der Waals surface area contributed by atoms with Crippen LogP contribution >= 0.6 is 23.4 Å². The Morgan fingerprint density at radius 2 is 1.88 bits per heavy atom. The molecule has 1 heterocycles. The Bertz CT molecular complexity index is 892. The Balaban J connectivity index is 1.70. The third-order valence-electron chi connectivity index (χ3n) is 3.24. The molecular weight excluding hydrogens is 376 g/mol. The zero-order valence-electron chi connectivity index (χ0n) is 13.3. The average molecular weight is 388 g/mol. The summed E-state index contributed by atoms with van der Waals surface area (Å²) in [6.45, 7) is -0.511. The van der Waals surface area contributed by atoms with Crippen LogP contribution in [0.5, 0.6) is 5.75 Å². The molecular formula is C18H12ClN2O4S-. The van der Waals surface area contributed by atoms with Crippen LogP contribution in [0, 0.1) is 0 Å². The molecule has 1 aliphatic heterocycles. The SMILES string of the molecule is O=C([O-])COc1ccc(/C=C2/SC(=Nc3ccc(Cl)cc3)NC2=O)cc1. The van der Waals surface area contributed by atoms with Gasteiger partial charge in [0.25, 0.3) is 5.91 Å². The number of ether oxygens (including phenoxy) is 1. The van der Waals surface area contributed by atoms with Gasteiger partial charge < -0.3 is 20.0 Å². The second kappa shape index (κ2) is 8.07. The summed E-state index contributed by atoms with van der Waals surface area (Å²) in [4.78, 5) is 27.3. The number of carbonyl (C=O) groups excluding carboxylic acids is 2. The molecule has 26 heavy (non-hydrogen) atoms. The molecule has 0 radical (unpaired) electrons. The third kappa shape index (κ3) is 4.87. The molecule has 1 aliphatic rings. The molecule has 8 heteroatoms. The largest absolute Gasteiger partial charge is 0.546 e. The van der Waals surface area contributed by atoms with Crippen molar-refractivity contribution in [2.75, 3.05) is 6.61 Å². The van der Waals surface area contributed by atoms with Crippen molar-refractivity contribution in [2.45, 2.75) is 0 Å². The number of amides is 1. The van der Waals surface area contributed by atoms with Crippen LogP contribution in [0.4, 0.5) is 5.69 Å². The highest BCUT2D eigenvalue weighted by atomic mass is 35.5. The molecule has 0 unspecified atom stereocenters. The van der Waals surface area contributed by atoms with E-state index in [4.69, 9.17) is 16.3 Å². The summed E-state index contributed by atoms with van der Waals surface area (Å²) in [5.41, 5.74) is 1.46. The molecule has 1 fully saturated rings. The van der Waals surface area contributed by atoms with Crippen LogP contribution < -0.4 is 15.2 Å². The van der Waals surface area contributed by atoms with Crippen molar-refractivity contribution in [1.82, 2.24) is 5.32 Å². The van der Waals surface area contributed by atoms with E-state index in [-0.39, 0.29) is 5.91 Å². The zero-order valence-corrected chi connectivity index (χ0v) is 14.8. The van der Waals surface area contributed by atoms with Crippen molar-refractivity contribution >= 4 is 52.2 Å². The Morgan fingerprint density at radius 1 is 1.19 bits per heavy atom. The summed E-state index contributed by atoms with van der Waals surface area (Å²) >= 11 is 7.07. The van der Waals surface area contributed by atoms with Crippen LogP contribution in [0.2, 0.25) is 5.02 Å². The van der Waals surface area contributed by atoms with Gasteiger partial charge in [-0.1, -0.05) is 23.7 Å². The van der Waals surface area contributed by atoms with E-state index in [1.54, 1.807) is 54.6 Å². The van der Waals surface area contributed by atoms with Gasteiger partial charge in [0.05, 0.1) is 16.6 Å². The molecule has 0 aliphatic carbocycles. The van der Waals surface area contributed by atoms with E-state index in [1.165, 1.54) is 11.8 Å². The fraction of sp³-hybridized carbons (Fsp3) is 0.0556. The average Bonchev–Trinajstić information content (AvgIpc) is 2.95. The minimum Gasteiger partial charge on any atom is -0.546 e. The quantitative estimate of drug-likeness (QED) is 0.795. The summed E-state index contributed by atoms with van der Waals surface area (Å²) in [6.07, 6.45) is 1.72. The lowest BCUT2D eigenvalue weighted by molar-refractivity contribution is -0.307. The van der Waals surface area contributed by atoms with E-state index in [9.17, 15) is 14.7 Å². The standard InChI is InChI=1S/C18H13ClN2O4S/c19-12-3-5-13(6-4-12)20-18-21-17(24)15(26-18)9-11-1-7-14(8-2-11)25-10-16(22)23/h1-9H,10H2,(H,22,23)(H,20,21,24)/p-1/b15-9+. The van der Waals surface area contributed by atoms with Crippen molar-refractivity contribution in [3.8, 4) is 5.75 Å². The Labute approximate surface area is 158 Å². The number of amidine groups is 1. The number of carboxylic acids is 1. The van der Waals surface area contributed by atoms with Crippen molar-refractivity contribution in [3.63, 3.8) is 0 Å². The maximum absolute atomic E-state index is 12.1. The number of benzene rings is 2. The molecule has 6 nitrogen and oxygen atoms in total. The molecule has 0 spiro atoms. The number of aliphatic imine (C=N–C) groups is 1. The number of rotatable bonds is 5. The number of thioether (sulfide) groups is 1. The van der Waals surface area contributed by atoms with Crippen LogP contribution in [0.15, 0.2) is 58.4 Å². The first kappa shape index (κ1) is 18.0. The van der Waals surface area contributed by atoms with Crippen molar-refractivity contribution in [1.29, 1.82) is 0 Å². The number of nitrogens with one attached hydrogen (secondary N) is 1. The second-order valence-electron chi connectivity index (χ2n) is 5.19. The van der Waals surface area contributed by atoms with Gasteiger partial charge in [-0.15, -0.1) is 0 Å². The van der Waals surface area contributed by atoms with E-state index in [0.29, 0.717) is 26.5 Å². The highest BCUT2D eigenvalue weighted by Gasteiger charge is 2.23. The van der Waals surface area contributed by atoms with Gasteiger partial charge in [0.2, 0.25) is 0 Å². The lowest BCUT2D eigenvalue weighted by Gasteiger charge is -2.06. The lowest BCUT2D eigenvalue weighted by atomic mass is 10.2. The number of carboxylic acid groups (broad SMARTS) is 1. The van der Waals surface area contributed by atoms with Crippen molar-refractivity contribution in [2.24, 2.45) is 4.99 Å². The first-order chi connectivity index (χ1) is 12.5. The Morgan fingerprint density at radius 3 is 2.54 bits per heavy atom. The predicted octanol–water partition coefficient (Wildman–Crippen LogP) is 2.36.